The summed E-state index contributed by atoms with van der Waals surface area (Å²) in [5.41, 5.74) is 3.23. The molecule has 0 saturated heterocycles. The summed E-state index contributed by atoms with van der Waals surface area (Å²) < 4.78 is 15.5. The minimum atomic E-state index is 0.442. The predicted octanol–water partition coefficient (Wildman–Crippen LogP) is 5.45. The average molecular weight is 483 g/mol. The van der Waals surface area contributed by atoms with Crippen molar-refractivity contribution in [2.75, 3.05) is 19.5 Å². The predicted molar refractivity (Wildman–Crippen MR) is 141 cm³/mol. The second-order valence-electron chi connectivity index (χ2n) is 9.45. The fourth-order valence-electron chi connectivity index (χ4n) is 5.52. The number of benzene rings is 1. The molecule has 8 heteroatoms. The number of rotatable bonds is 8. The second-order valence-corrected chi connectivity index (χ2v) is 9.45. The number of methoxy groups -OCH3 is 2. The molecular formula is C28H30N6O2. The Labute approximate surface area is 209 Å². The van der Waals surface area contributed by atoms with Crippen LogP contribution in [0.5, 0.6) is 11.5 Å². The highest BCUT2D eigenvalue weighted by molar-refractivity contribution is 5.87. The summed E-state index contributed by atoms with van der Waals surface area (Å²) in [5.74, 6) is 3.02. The molecule has 0 aliphatic heterocycles. The van der Waals surface area contributed by atoms with Crippen molar-refractivity contribution in [1.82, 2.24) is 24.1 Å². The molecule has 0 bridgehead atoms. The van der Waals surface area contributed by atoms with Crippen molar-refractivity contribution in [1.29, 1.82) is 0 Å². The van der Waals surface area contributed by atoms with E-state index in [1.54, 1.807) is 20.5 Å². The van der Waals surface area contributed by atoms with Crippen LogP contribution in [0.15, 0.2) is 67.5 Å². The van der Waals surface area contributed by atoms with Gasteiger partial charge in [-0.1, -0.05) is 0 Å². The lowest BCUT2D eigenvalue weighted by Crippen LogP contribution is -2.09. The molecule has 0 spiro atoms. The minimum Gasteiger partial charge on any atom is -0.497 e. The number of nitrogens with one attached hydrogen (secondary N) is 1. The Morgan fingerprint density at radius 1 is 1.03 bits per heavy atom. The number of ether oxygens (including phenoxy) is 2. The van der Waals surface area contributed by atoms with Gasteiger partial charge in [0, 0.05) is 54.7 Å². The first-order valence-corrected chi connectivity index (χ1v) is 12.4. The maximum atomic E-state index is 5.54. The smallest absolute Gasteiger partial charge is 0.145 e. The van der Waals surface area contributed by atoms with Crippen molar-refractivity contribution < 1.29 is 9.47 Å². The van der Waals surface area contributed by atoms with Gasteiger partial charge in [0.1, 0.15) is 29.3 Å². The highest BCUT2D eigenvalue weighted by Gasteiger charge is 2.28. The van der Waals surface area contributed by atoms with Gasteiger partial charge in [0.15, 0.2) is 0 Å². The number of pyridine rings is 1. The highest BCUT2D eigenvalue weighted by atomic mass is 16.5. The van der Waals surface area contributed by atoms with Crippen LogP contribution in [0, 0.1) is 5.92 Å². The average Bonchev–Trinajstić information content (AvgIpc) is 3.66. The van der Waals surface area contributed by atoms with Gasteiger partial charge < -0.3 is 23.9 Å². The molecule has 4 heterocycles. The van der Waals surface area contributed by atoms with E-state index in [0.29, 0.717) is 18.5 Å². The van der Waals surface area contributed by atoms with Crippen LogP contribution in [0.4, 0.5) is 5.82 Å². The van der Waals surface area contributed by atoms with Crippen LogP contribution < -0.4 is 14.8 Å². The van der Waals surface area contributed by atoms with Gasteiger partial charge in [-0.2, -0.15) is 0 Å². The quantitative estimate of drug-likeness (QED) is 0.317. The van der Waals surface area contributed by atoms with Gasteiger partial charge in [-0.25, -0.2) is 9.97 Å². The van der Waals surface area contributed by atoms with E-state index in [4.69, 9.17) is 9.47 Å². The molecule has 5 aromatic rings. The number of anilines is 1. The molecule has 6 rings (SSSR count). The maximum Gasteiger partial charge on any atom is 0.145 e. The SMILES string of the molecule is COc1ccc(CNc2ncnc3c2ccn3C2CCC(Cn3ccc4ccncc43)C2)c(OC)c1. The monoisotopic (exact) mass is 482 g/mol. The van der Waals surface area contributed by atoms with Gasteiger partial charge >= 0.3 is 0 Å². The van der Waals surface area contributed by atoms with E-state index < -0.39 is 0 Å². The largest absolute Gasteiger partial charge is 0.497 e. The molecule has 1 aliphatic rings. The molecule has 1 aliphatic carbocycles. The molecule has 1 saturated carbocycles. The van der Waals surface area contributed by atoms with Crippen LogP contribution in [-0.4, -0.2) is 38.3 Å². The second kappa shape index (κ2) is 9.53. The third-order valence-electron chi connectivity index (χ3n) is 7.39. The Kier molecular flexibility index (Phi) is 5.93. The van der Waals surface area contributed by atoms with Gasteiger partial charge in [0.25, 0.3) is 0 Å². The fourth-order valence-corrected chi connectivity index (χ4v) is 5.52. The molecule has 184 valence electrons. The van der Waals surface area contributed by atoms with Crippen LogP contribution in [0.3, 0.4) is 0 Å². The molecular weight excluding hydrogens is 452 g/mol. The van der Waals surface area contributed by atoms with Crippen molar-refractivity contribution in [2.24, 2.45) is 5.92 Å². The van der Waals surface area contributed by atoms with E-state index in [-0.39, 0.29) is 0 Å². The molecule has 4 aromatic heterocycles. The summed E-state index contributed by atoms with van der Waals surface area (Å²) in [5, 5.41) is 5.77. The number of hydrogen-bond acceptors (Lipinski definition) is 6. The molecule has 0 radical (unpaired) electrons. The first kappa shape index (κ1) is 22.4. The highest BCUT2D eigenvalue weighted by Crippen LogP contribution is 2.38. The normalized spacial score (nSPS) is 17.6. The molecule has 2 atom stereocenters. The number of nitrogens with zero attached hydrogens (tertiary/aromatic N) is 5. The van der Waals surface area contributed by atoms with Gasteiger partial charge in [-0.15, -0.1) is 0 Å². The Morgan fingerprint density at radius 2 is 1.97 bits per heavy atom. The van der Waals surface area contributed by atoms with Crippen molar-refractivity contribution in [3.8, 4) is 11.5 Å². The van der Waals surface area contributed by atoms with Gasteiger partial charge in [-0.3, -0.25) is 4.98 Å². The maximum absolute atomic E-state index is 5.54. The number of hydrogen-bond donors (Lipinski definition) is 1. The van der Waals surface area contributed by atoms with Crippen molar-refractivity contribution in [3.05, 3.63) is 73.1 Å². The standard InChI is InChI=1S/C28H30N6O2/c1-35-23-6-4-21(26(14-23)36-2)15-30-27-24-9-12-34(28(24)32-18-31-27)22-5-3-19(13-22)17-33-11-8-20-7-10-29-16-25(20)33/h4,6-12,14,16,18-19,22H,3,5,13,15,17H2,1-2H3,(H,30,31,32). The summed E-state index contributed by atoms with van der Waals surface area (Å²) >= 11 is 0. The molecule has 1 fully saturated rings. The summed E-state index contributed by atoms with van der Waals surface area (Å²) in [6.45, 7) is 1.62. The lowest BCUT2D eigenvalue weighted by Gasteiger charge is -2.16. The third kappa shape index (κ3) is 4.12. The van der Waals surface area contributed by atoms with Crippen LogP contribution >= 0.6 is 0 Å². The van der Waals surface area contributed by atoms with E-state index in [0.717, 1.165) is 53.3 Å². The van der Waals surface area contributed by atoms with Crippen LogP contribution in [0.25, 0.3) is 21.9 Å². The van der Waals surface area contributed by atoms with E-state index in [1.165, 1.54) is 17.3 Å². The van der Waals surface area contributed by atoms with E-state index in [1.807, 2.05) is 30.6 Å². The Bertz CT molecular complexity index is 1510. The first-order chi connectivity index (χ1) is 17.7. The number of fused-ring (bicyclic) bond motifs is 2. The molecule has 2 unspecified atom stereocenters. The lowest BCUT2D eigenvalue weighted by molar-refractivity contribution is 0.391. The first-order valence-electron chi connectivity index (χ1n) is 12.4. The zero-order valence-electron chi connectivity index (χ0n) is 20.6. The molecule has 1 aromatic carbocycles. The third-order valence-corrected chi connectivity index (χ3v) is 7.39. The molecule has 0 amide bonds. The summed E-state index contributed by atoms with van der Waals surface area (Å²) in [6, 6.07) is 12.7. The Morgan fingerprint density at radius 3 is 2.86 bits per heavy atom. The topological polar surface area (TPSA) is 79.0 Å². The Balaban J connectivity index is 1.17. The Hall–Kier alpha value is -4.07. The van der Waals surface area contributed by atoms with Crippen LogP contribution in [0.2, 0.25) is 0 Å². The van der Waals surface area contributed by atoms with Gasteiger partial charge in [-0.05, 0) is 55.5 Å². The zero-order valence-corrected chi connectivity index (χ0v) is 20.6. The zero-order chi connectivity index (χ0) is 24.5. The van der Waals surface area contributed by atoms with Crippen LogP contribution in [-0.2, 0) is 13.1 Å². The van der Waals surface area contributed by atoms with Gasteiger partial charge in [0.05, 0.1) is 31.3 Å². The summed E-state index contributed by atoms with van der Waals surface area (Å²) in [7, 11) is 3.33. The molecule has 1 N–H and O–H groups in total. The molecule has 36 heavy (non-hydrogen) atoms. The van der Waals surface area contributed by atoms with Crippen molar-refractivity contribution >= 4 is 27.8 Å². The van der Waals surface area contributed by atoms with Crippen molar-refractivity contribution in [3.63, 3.8) is 0 Å². The van der Waals surface area contributed by atoms with Crippen LogP contribution in [0.1, 0.15) is 30.9 Å². The fraction of sp³-hybridized carbons (Fsp3) is 0.321. The minimum absolute atomic E-state index is 0.442. The van der Waals surface area contributed by atoms with Crippen molar-refractivity contribution in [2.45, 2.75) is 38.4 Å². The number of aromatic nitrogens is 5. The summed E-state index contributed by atoms with van der Waals surface area (Å²) in [4.78, 5) is 13.5. The van der Waals surface area contributed by atoms with E-state index in [9.17, 15) is 0 Å². The summed E-state index contributed by atoms with van der Waals surface area (Å²) in [6.07, 6.45) is 13.3. The molecule has 8 nitrogen and oxygen atoms in total. The van der Waals surface area contributed by atoms with E-state index >= 15 is 0 Å². The lowest BCUT2D eigenvalue weighted by atomic mass is 10.1. The van der Waals surface area contributed by atoms with Gasteiger partial charge in [0.2, 0.25) is 0 Å². The van der Waals surface area contributed by atoms with E-state index in [2.05, 4.69) is 60.0 Å².